The summed E-state index contributed by atoms with van der Waals surface area (Å²) < 4.78 is 1.29. The molecule has 0 radical (unpaired) electrons. The fraction of sp³-hybridized carbons (Fsp3) is 0.400. The minimum atomic E-state index is 0.258. The van der Waals surface area contributed by atoms with Crippen molar-refractivity contribution in [3.05, 3.63) is 35.2 Å². The minimum Gasteiger partial charge on any atom is -0.299 e. The number of carbonyl (C=O) groups is 1. The Morgan fingerprint density at radius 3 is 2.94 bits per heavy atom. The average molecular weight is 244 g/mol. The number of fused-ring (bicyclic) bond motifs is 1. The SMILES string of the molecule is CC(C(=O)Cc1csc2ccccc12)C1CC1. The number of thiophene rings is 1. The summed E-state index contributed by atoms with van der Waals surface area (Å²) >= 11 is 1.74. The van der Waals surface area contributed by atoms with Crippen LogP contribution in [0.5, 0.6) is 0 Å². The van der Waals surface area contributed by atoms with E-state index < -0.39 is 0 Å². The third-order valence-electron chi connectivity index (χ3n) is 3.76. The van der Waals surface area contributed by atoms with Crippen molar-refractivity contribution in [3.63, 3.8) is 0 Å². The lowest BCUT2D eigenvalue weighted by Gasteiger charge is -2.07. The van der Waals surface area contributed by atoms with Gasteiger partial charge in [0, 0.05) is 17.0 Å². The van der Waals surface area contributed by atoms with Crippen LogP contribution >= 0.6 is 11.3 Å². The molecular weight excluding hydrogens is 228 g/mol. The number of Topliss-reactive ketones (excluding diaryl/α,β-unsaturated/α-hetero) is 1. The summed E-state index contributed by atoms with van der Waals surface area (Å²) in [4.78, 5) is 12.1. The summed E-state index contributed by atoms with van der Waals surface area (Å²) in [6.07, 6.45) is 3.11. The van der Waals surface area contributed by atoms with Crippen molar-refractivity contribution >= 4 is 27.2 Å². The van der Waals surface area contributed by atoms with Gasteiger partial charge in [0.15, 0.2) is 0 Å². The van der Waals surface area contributed by atoms with E-state index in [4.69, 9.17) is 0 Å². The summed E-state index contributed by atoms with van der Waals surface area (Å²) in [6, 6.07) is 8.35. The maximum absolute atomic E-state index is 12.1. The van der Waals surface area contributed by atoms with Crippen molar-refractivity contribution in [3.8, 4) is 0 Å². The Hall–Kier alpha value is -1.15. The van der Waals surface area contributed by atoms with E-state index in [9.17, 15) is 4.79 Å². The van der Waals surface area contributed by atoms with Crippen LogP contribution in [0, 0.1) is 11.8 Å². The second-order valence-electron chi connectivity index (χ2n) is 5.03. The maximum atomic E-state index is 12.1. The highest BCUT2D eigenvalue weighted by Gasteiger charge is 2.32. The number of ketones is 1. The summed E-state index contributed by atoms with van der Waals surface area (Å²) in [6.45, 7) is 2.09. The third kappa shape index (κ3) is 2.14. The van der Waals surface area contributed by atoms with Gasteiger partial charge in [-0.3, -0.25) is 4.79 Å². The first-order chi connectivity index (χ1) is 8.25. The van der Waals surface area contributed by atoms with Crippen molar-refractivity contribution in [2.45, 2.75) is 26.2 Å². The Morgan fingerprint density at radius 2 is 2.18 bits per heavy atom. The molecule has 0 bridgehead atoms. The molecule has 0 spiro atoms. The van der Waals surface area contributed by atoms with Gasteiger partial charge in [-0.15, -0.1) is 11.3 Å². The predicted molar refractivity (Wildman–Crippen MR) is 72.4 cm³/mol. The molecule has 3 rings (SSSR count). The van der Waals surface area contributed by atoms with Crippen molar-refractivity contribution in [1.82, 2.24) is 0 Å². The zero-order valence-electron chi connectivity index (χ0n) is 9.98. The summed E-state index contributed by atoms with van der Waals surface area (Å²) in [5.41, 5.74) is 1.21. The van der Waals surface area contributed by atoms with Gasteiger partial charge in [-0.2, -0.15) is 0 Å². The number of carbonyl (C=O) groups excluding carboxylic acids is 1. The molecular formula is C15H16OS. The van der Waals surface area contributed by atoms with Crippen LogP contribution in [0.25, 0.3) is 10.1 Å². The Morgan fingerprint density at radius 1 is 1.41 bits per heavy atom. The first-order valence-corrected chi connectivity index (χ1v) is 7.11. The van der Waals surface area contributed by atoms with Crippen LogP contribution in [0.1, 0.15) is 25.3 Å². The molecule has 1 atom stereocenters. The summed E-state index contributed by atoms with van der Waals surface area (Å²) in [5, 5.41) is 3.40. The quantitative estimate of drug-likeness (QED) is 0.792. The van der Waals surface area contributed by atoms with Gasteiger partial charge in [-0.1, -0.05) is 25.1 Å². The van der Waals surface area contributed by atoms with Crippen molar-refractivity contribution in [2.75, 3.05) is 0 Å². The van der Waals surface area contributed by atoms with Gasteiger partial charge >= 0.3 is 0 Å². The molecule has 1 aromatic carbocycles. The molecule has 0 aliphatic heterocycles. The Bertz CT molecular complexity index is 551. The second-order valence-corrected chi connectivity index (χ2v) is 5.94. The normalized spacial score (nSPS) is 17.2. The van der Waals surface area contributed by atoms with Crippen LogP contribution in [0.4, 0.5) is 0 Å². The van der Waals surface area contributed by atoms with Crippen molar-refractivity contribution < 1.29 is 4.79 Å². The molecule has 1 heterocycles. The largest absolute Gasteiger partial charge is 0.299 e. The number of benzene rings is 1. The maximum Gasteiger partial charge on any atom is 0.140 e. The van der Waals surface area contributed by atoms with Gasteiger partial charge in [0.2, 0.25) is 0 Å². The van der Waals surface area contributed by atoms with Crippen LogP contribution in [0.3, 0.4) is 0 Å². The zero-order chi connectivity index (χ0) is 11.8. The molecule has 1 saturated carbocycles. The van der Waals surface area contributed by atoms with Crippen molar-refractivity contribution in [1.29, 1.82) is 0 Å². The summed E-state index contributed by atoms with van der Waals surface area (Å²) in [7, 11) is 0. The fourth-order valence-electron chi connectivity index (χ4n) is 2.38. The average Bonchev–Trinajstić information content (AvgIpc) is 3.12. The number of rotatable bonds is 4. The van der Waals surface area contributed by atoms with E-state index in [1.54, 1.807) is 11.3 Å². The highest BCUT2D eigenvalue weighted by atomic mass is 32.1. The van der Waals surface area contributed by atoms with E-state index >= 15 is 0 Å². The highest BCUT2D eigenvalue weighted by Crippen LogP contribution is 2.38. The van der Waals surface area contributed by atoms with Crippen LogP contribution in [-0.4, -0.2) is 5.78 Å². The predicted octanol–water partition coefficient (Wildman–Crippen LogP) is 4.06. The lowest BCUT2D eigenvalue weighted by Crippen LogP contribution is -2.15. The van der Waals surface area contributed by atoms with E-state index in [-0.39, 0.29) is 5.92 Å². The van der Waals surface area contributed by atoms with Gasteiger partial charge < -0.3 is 0 Å². The van der Waals surface area contributed by atoms with E-state index in [1.807, 2.05) is 6.07 Å². The van der Waals surface area contributed by atoms with E-state index in [0.29, 0.717) is 18.1 Å². The molecule has 1 aromatic heterocycles. The van der Waals surface area contributed by atoms with E-state index in [1.165, 1.54) is 28.5 Å². The summed E-state index contributed by atoms with van der Waals surface area (Å²) in [5.74, 6) is 1.34. The molecule has 2 heteroatoms. The molecule has 1 fully saturated rings. The van der Waals surface area contributed by atoms with E-state index in [2.05, 4.69) is 30.5 Å². The molecule has 1 aliphatic carbocycles. The van der Waals surface area contributed by atoms with Gasteiger partial charge in [0.05, 0.1) is 0 Å². The Balaban J connectivity index is 1.82. The Kier molecular flexibility index (Phi) is 2.75. The Labute approximate surface area is 105 Å². The number of hydrogen-bond donors (Lipinski definition) is 0. The monoisotopic (exact) mass is 244 g/mol. The highest BCUT2D eigenvalue weighted by molar-refractivity contribution is 7.17. The molecule has 0 amide bonds. The molecule has 1 aliphatic rings. The first kappa shape index (κ1) is 11.0. The molecule has 1 unspecified atom stereocenters. The van der Waals surface area contributed by atoms with Crippen LogP contribution in [0.15, 0.2) is 29.6 Å². The fourth-order valence-corrected chi connectivity index (χ4v) is 3.34. The van der Waals surface area contributed by atoms with Crippen LogP contribution < -0.4 is 0 Å². The molecule has 0 saturated heterocycles. The van der Waals surface area contributed by atoms with Gasteiger partial charge in [0.1, 0.15) is 5.78 Å². The number of hydrogen-bond acceptors (Lipinski definition) is 2. The molecule has 2 aromatic rings. The minimum absolute atomic E-state index is 0.258. The molecule has 1 nitrogen and oxygen atoms in total. The van der Waals surface area contributed by atoms with Crippen LogP contribution in [-0.2, 0) is 11.2 Å². The topological polar surface area (TPSA) is 17.1 Å². The lowest BCUT2D eigenvalue weighted by molar-refractivity contribution is -0.122. The lowest BCUT2D eigenvalue weighted by atomic mass is 9.95. The van der Waals surface area contributed by atoms with Crippen molar-refractivity contribution in [2.24, 2.45) is 11.8 Å². The molecule has 17 heavy (non-hydrogen) atoms. The smallest absolute Gasteiger partial charge is 0.140 e. The third-order valence-corrected chi connectivity index (χ3v) is 4.78. The van der Waals surface area contributed by atoms with Gasteiger partial charge in [-0.05, 0) is 41.2 Å². The molecule has 0 N–H and O–H groups in total. The second kappa shape index (κ2) is 4.26. The zero-order valence-corrected chi connectivity index (χ0v) is 10.8. The van der Waals surface area contributed by atoms with Gasteiger partial charge in [-0.25, -0.2) is 0 Å². The first-order valence-electron chi connectivity index (χ1n) is 6.23. The standard InChI is InChI=1S/C15H16OS/c1-10(11-6-7-11)14(16)8-12-9-17-15-5-3-2-4-13(12)15/h2-5,9-11H,6-8H2,1H3. The van der Waals surface area contributed by atoms with Gasteiger partial charge in [0.25, 0.3) is 0 Å². The van der Waals surface area contributed by atoms with E-state index in [0.717, 1.165) is 0 Å². The van der Waals surface area contributed by atoms with Crippen LogP contribution in [0.2, 0.25) is 0 Å². The molecule has 88 valence electrons.